The topological polar surface area (TPSA) is 37.4 Å². The second-order valence-electron chi connectivity index (χ2n) is 5.86. The number of fused-ring (bicyclic) bond motifs is 1. The van der Waals surface area contributed by atoms with Crippen molar-refractivity contribution in [3.8, 4) is 0 Å². The van der Waals surface area contributed by atoms with Crippen molar-refractivity contribution < 1.29 is 4.74 Å². The van der Waals surface area contributed by atoms with Crippen LogP contribution in [0, 0.1) is 0 Å². The number of nitrogens with one attached hydrogen (secondary N) is 1. The molecule has 0 aliphatic carbocycles. The van der Waals surface area contributed by atoms with E-state index in [0.717, 1.165) is 51.6 Å². The standard InChI is InChI=1S/C16H25N3O/c1-13-3-2-7-17-8-6-14-4-5-15(18-16(13)14)19-9-11-20-12-10-19/h4-5,13,17H,2-3,6-12H2,1H3. The molecule has 1 aromatic rings. The lowest BCUT2D eigenvalue weighted by Gasteiger charge is -2.29. The van der Waals surface area contributed by atoms with E-state index in [0.29, 0.717) is 5.92 Å². The van der Waals surface area contributed by atoms with Crippen molar-refractivity contribution in [3.05, 3.63) is 23.4 Å². The number of anilines is 1. The summed E-state index contributed by atoms with van der Waals surface area (Å²) >= 11 is 0. The molecule has 0 saturated carbocycles. The molecule has 110 valence electrons. The second-order valence-corrected chi connectivity index (χ2v) is 5.86. The van der Waals surface area contributed by atoms with Crippen LogP contribution in [-0.4, -0.2) is 44.4 Å². The summed E-state index contributed by atoms with van der Waals surface area (Å²) in [4.78, 5) is 7.35. The van der Waals surface area contributed by atoms with Gasteiger partial charge in [0.25, 0.3) is 0 Å². The van der Waals surface area contributed by atoms with E-state index in [9.17, 15) is 0 Å². The number of nitrogens with zero attached hydrogens (tertiary/aromatic N) is 2. The van der Waals surface area contributed by atoms with E-state index in [1.807, 2.05) is 0 Å². The lowest BCUT2D eigenvalue weighted by molar-refractivity contribution is 0.122. The molecule has 0 amide bonds. The quantitative estimate of drug-likeness (QED) is 0.850. The van der Waals surface area contributed by atoms with Crippen LogP contribution >= 0.6 is 0 Å². The average Bonchev–Trinajstić information content (AvgIpc) is 2.59. The number of aromatic nitrogens is 1. The maximum atomic E-state index is 5.43. The van der Waals surface area contributed by atoms with Gasteiger partial charge in [-0.3, -0.25) is 0 Å². The van der Waals surface area contributed by atoms with Gasteiger partial charge in [-0.15, -0.1) is 0 Å². The molecule has 1 atom stereocenters. The van der Waals surface area contributed by atoms with Crippen LogP contribution in [0.4, 0.5) is 5.82 Å². The van der Waals surface area contributed by atoms with Crippen LogP contribution in [0.5, 0.6) is 0 Å². The first kappa shape index (κ1) is 13.8. The van der Waals surface area contributed by atoms with Crippen molar-refractivity contribution in [1.29, 1.82) is 0 Å². The SMILES string of the molecule is CC1CCCNCCc2ccc(N3CCOCC3)nc21. The molecule has 0 bridgehead atoms. The van der Waals surface area contributed by atoms with Crippen molar-refractivity contribution in [3.63, 3.8) is 0 Å². The minimum absolute atomic E-state index is 0.561. The Morgan fingerprint density at radius 2 is 2.10 bits per heavy atom. The predicted octanol–water partition coefficient (Wildman–Crippen LogP) is 1.95. The zero-order chi connectivity index (χ0) is 13.8. The molecule has 1 fully saturated rings. The van der Waals surface area contributed by atoms with Crippen molar-refractivity contribution >= 4 is 5.82 Å². The monoisotopic (exact) mass is 275 g/mol. The average molecular weight is 275 g/mol. The highest BCUT2D eigenvalue weighted by molar-refractivity contribution is 5.43. The van der Waals surface area contributed by atoms with E-state index in [2.05, 4.69) is 29.3 Å². The zero-order valence-corrected chi connectivity index (χ0v) is 12.4. The van der Waals surface area contributed by atoms with Gasteiger partial charge in [-0.25, -0.2) is 4.98 Å². The third-order valence-corrected chi connectivity index (χ3v) is 4.36. The molecule has 1 aromatic heterocycles. The molecule has 2 aliphatic heterocycles. The van der Waals surface area contributed by atoms with E-state index >= 15 is 0 Å². The van der Waals surface area contributed by atoms with E-state index in [1.165, 1.54) is 24.1 Å². The third kappa shape index (κ3) is 3.13. The van der Waals surface area contributed by atoms with Gasteiger partial charge in [0.2, 0.25) is 0 Å². The fourth-order valence-electron chi connectivity index (χ4n) is 3.12. The van der Waals surface area contributed by atoms with Crippen LogP contribution in [0.25, 0.3) is 0 Å². The Hall–Kier alpha value is -1.13. The molecule has 2 aliphatic rings. The molecule has 3 heterocycles. The molecule has 4 heteroatoms. The number of morpholine rings is 1. The summed E-state index contributed by atoms with van der Waals surface area (Å²) in [6, 6.07) is 4.48. The maximum Gasteiger partial charge on any atom is 0.128 e. The Kier molecular flexibility index (Phi) is 4.53. The Balaban J connectivity index is 1.86. The van der Waals surface area contributed by atoms with E-state index in [-0.39, 0.29) is 0 Å². The van der Waals surface area contributed by atoms with Gasteiger partial charge in [-0.05, 0) is 49.9 Å². The maximum absolute atomic E-state index is 5.43. The van der Waals surface area contributed by atoms with Gasteiger partial charge in [0.1, 0.15) is 5.82 Å². The Morgan fingerprint density at radius 3 is 2.95 bits per heavy atom. The Morgan fingerprint density at radius 1 is 1.25 bits per heavy atom. The van der Waals surface area contributed by atoms with Gasteiger partial charge in [0, 0.05) is 18.8 Å². The van der Waals surface area contributed by atoms with Gasteiger partial charge >= 0.3 is 0 Å². The second kappa shape index (κ2) is 6.55. The van der Waals surface area contributed by atoms with Crippen molar-refractivity contribution in [2.75, 3.05) is 44.3 Å². The Bertz CT molecular complexity index is 443. The summed E-state index contributed by atoms with van der Waals surface area (Å²) in [5, 5.41) is 3.51. The lowest BCUT2D eigenvalue weighted by atomic mass is 9.96. The molecule has 1 saturated heterocycles. The van der Waals surface area contributed by atoms with Crippen molar-refractivity contribution in [2.45, 2.75) is 32.1 Å². The minimum Gasteiger partial charge on any atom is -0.378 e. The first-order valence-electron chi connectivity index (χ1n) is 7.88. The fourth-order valence-corrected chi connectivity index (χ4v) is 3.12. The first-order valence-corrected chi connectivity index (χ1v) is 7.88. The highest BCUT2D eigenvalue weighted by Crippen LogP contribution is 2.26. The molecule has 0 spiro atoms. The summed E-state index contributed by atoms with van der Waals surface area (Å²) in [5.74, 6) is 1.69. The van der Waals surface area contributed by atoms with Crippen LogP contribution in [0.15, 0.2) is 12.1 Å². The number of pyridine rings is 1. The van der Waals surface area contributed by atoms with Gasteiger partial charge in [-0.2, -0.15) is 0 Å². The number of ether oxygens (including phenoxy) is 1. The Labute approximate surface area is 121 Å². The van der Waals surface area contributed by atoms with Crippen molar-refractivity contribution in [2.24, 2.45) is 0 Å². The van der Waals surface area contributed by atoms with Gasteiger partial charge in [0.05, 0.1) is 13.2 Å². The lowest BCUT2D eigenvalue weighted by Crippen LogP contribution is -2.37. The van der Waals surface area contributed by atoms with Crippen LogP contribution in [-0.2, 0) is 11.2 Å². The van der Waals surface area contributed by atoms with Gasteiger partial charge in [0.15, 0.2) is 0 Å². The smallest absolute Gasteiger partial charge is 0.128 e. The first-order chi connectivity index (χ1) is 9.84. The summed E-state index contributed by atoms with van der Waals surface area (Å²) < 4.78 is 5.43. The molecule has 20 heavy (non-hydrogen) atoms. The van der Waals surface area contributed by atoms with Crippen LogP contribution in [0.3, 0.4) is 0 Å². The summed E-state index contributed by atoms with van der Waals surface area (Å²) in [6.07, 6.45) is 3.56. The van der Waals surface area contributed by atoms with Gasteiger partial charge in [-0.1, -0.05) is 13.0 Å². The van der Waals surface area contributed by atoms with Crippen LogP contribution < -0.4 is 10.2 Å². The molecule has 0 radical (unpaired) electrons. The normalized spacial score (nSPS) is 24.4. The summed E-state index contributed by atoms with van der Waals surface area (Å²) in [5.41, 5.74) is 2.74. The number of hydrogen-bond acceptors (Lipinski definition) is 4. The molecule has 3 rings (SSSR count). The van der Waals surface area contributed by atoms with Crippen LogP contribution in [0.1, 0.15) is 36.9 Å². The summed E-state index contributed by atoms with van der Waals surface area (Å²) in [6.45, 7) is 8.08. The molecule has 1 unspecified atom stereocenters. The third-order valence-electron chi connectivity index (χ3n) is 4.36. The van der Waals surface area contributed by atoms with E-state index in [1.54, 1.807) is 0 Å². The molecular weight excluding hydrogens is 250 g/mol. The van der Waals surface area contributed by atoms with Gasteiger partial charge < -0.3 is 15.0 Å². The van der Waals surface area contributed by atoms with E-state index < -0.39 is 0 Å². The molecular formula is C16H25N3O. The predicted molar refractivity (Wildman–Crippen MR) is 81.5 cm³/mol. The molecule has 0 aromatic carbocycles. The number of rotatable bonds is 1. The fraction of sp³-hybridized carbons (Fsp3) is 0.688. The van der Waals surface area contributed by atoms with Crippen LogP contribution in [0.2, 0.25) is 0 Å². The highest BCUT2D eigenvalue weighted by Gasteiger charge is 2.18. The number of hydrogen-bond donors (Lipinski definition) is 1. The zero-order valence-electron chi connectivity index (χ0n) is 12.4. The summed E-state index contributed by atoms with van der Waals surface area (Å²) in [7, 11) is 0. The van der Waals surface area contributed by atoms with E-state index in [4.69, 9.17) is 9.72 Å². The molecule has 4 nitrogen and oxygen atoms in total. The minimum atomic E-state index is 0.561. The van der Waals surface area contributed by atoms with Crippen molar-refractivity contribution in [1.82, 2.24) is 10.3 Å². The molecule has 1 N–H and O–H groups in total. The highest BCUT2D eigenvalue weighted by atomic mass is 16.5. The largest absolute Gasteiger partial charge is 0.378 e.